The number of thioether (sulfide) groups is 1. The van der Waals surface area contributed by atoms with E-state index in [1.165, 1.54) is 11.8 Å². The highest BCUT2D eigenvalue weighted by Gasteiger charge is 2.16. The molecule has 1 saturated heterocycles. The Morgan fingerprint density at radius 1 is 1.35 bits per heavy atom. The molecule has 1 heterocycles. The van der Waals surface area contributed by atoms with Gasteiger partial charge in [0, 0.05) is 31.1 Å². The fraction of sp³-hybridized carbons (Fsp3) is 0.417. The maximum absolute atomic E-state index is 11.9. The number of piperazine rings is 1. The van der Waals surface area contributed by atoms with E-state index in [0.29, 0.717) is 5.75 Å². The second-order valence-electron chi connectivity index (χ2n) is 3.89. The van der Waals surface area contributed by atoms with E-state index in [1.807, 2.05) is 17.0 Å². The summed E-state index contributed by atoms with van der Waals surface area (Å²) in [5.41, 5.74) is 0. The zero-order valence-electron chi connectivity index (χ0n) is 9.56. The number of aromatic hydroxyl groups is 1. The molecule has 1 aliphatic rings. The molecule has 1 fully saturated rings. The van der Waals surface area contributed by atoms with E-state index in [-0.39, 0.29) is 11.7 Å². The SMILES string of the molecule is O=C(CSc1ccccc1O)N1CCNCC1. The van der Waals surface area contributed by atoms with E-state index in [2.05, 4.69) is 5.32 Å². The molecular weight excluding hydrogens is 236 g/mol. The first-order valence-corrected chi connectivity index (χ1v) is 6.65. The van der Waals surface area contributed by atoms with Crippen LogP contribution in [0.25, 0.3) is 0 Å². The molecule has 5 heteroatoms. The van der Waals surface area contributed by atoms with Crippen LogP contribution in [0.2, 0.25) is 0 Å². The van der Waals surface area contributed by atoms with Gasteiger partial charge in [-0.1, -0.05) is 12.1 Å². The first-order valence-electron chi connectivity index (χ1n) is 5.66. The Bertz CT molecular complexity index is 392. The number of para-hydroxylation sites is 1. The van der Waals surface area contributed by atoms with Crippen molar-refractivity contribution >= 4 is 17.7 Å². The second-order valence-corrected chi connectivity index (χ2v) is 4.90. The molecule has 1 amide bonds. The standard InChI is InChI=1S/C12H16N2O2S/c15-10-3-1-2-4-11(10)17-9-12(16)14-7-5-13-6-8-14/h1-4,13,15H,5-9H2. The predicted molar refractivity (Wildman–Crippen MR) is 68.3 cm³/mol. The number of benzene rings is 1. The van der Waals surface area contributed by atoms with Crippen LogP contribution in [0, 0.1) is 0 Å². The Balaban J connectivity index is 1.85. The Labute approximate surface area is 105 Å². The van der Waals surface area contributed by atoms with Crippen molar-refractivity contribution in [2.24, 2.45) is 0 Å². The first-order chi connectivity index (χ1) is 8.27. The smallest absolute Gasteiger partial charge is 0.233 e. The summed E-state index contributed by atoms with van der Waals surface area (Å²) in [6, 6.07) is 7.09. The number of carbonyl (C=O) groups is 1. The third kappa shape index (κ3) is 3.38. The van der Waals surface area contributed by atoms with Gasteiger partial charge in [-0.3, -0.25) is 4.79 Å². The highest BCUT2D eigenvalue weighted by Crippen LogP contribution is 2.27. The van der Waals surface area contributed by atoms with Crippen molar-refractivity contribution in [1.29, 1.82) is 0 Å². The normalized spacial score (nSPS) is 15.9. The Kier molecular flexibility index (Phi) is 4.28. The van der Waals surface area contributed by atoms with Crippen LogP contribution in [0.4, 0.5) is 0 Å². The molecule has 2 N–H and O–H groups in total. The van der Waals surface area contributed by atoms with Crippen LogP contribution in [-0.4, -0.2) is 47.8 Å². The summed E-state index contributed by atoms with van der Waals surface area (Å²) in [4.78, 5) is 14.5. The molecule has 17 heavy (non-hydrogen) atoms. The molecule has 0 bridgehead atoms. The van der Waals surface area contributed by atoms with Gasteiger partial charge in [0.2, 0.25) is 5.91 Å². The fourth-order valence-electron chi connectivity index (χ4n) is 1.72. The number of phenols is 1. The summed E-state index contributed by atoms with van der Waals surface area (Å²) >= 11 is 1.39. The second kappa shape index (κ2) is 5.93. The van der Waals surface area contributed by atoms with Gasteiger partial charge in [-0.05, 0) is 12.1 Å². The van der Waals surface area contributed by atoms with E-state index in [9.17, 15) is 9.90 Å². The first kappa shape index (κ1) is 12.3. The number of rotatable bonds is 3. The van der Waals surface area contributed by atoms with E-state index in [4.69, 9.17) is 0 Å². The summed E-state index contributed by atoms with van der Waals surface area (Å²) in [5, 5.41) is 12.8. The molecule has 0 atom stereocenters. The third-order valence-corrected chi connectivity index (χ3v) is 3.73. The molecule has 2 rings (SSSR count). The average Bonchev–Trinajstić information content (AvgIpc) is 2.38. The minimum absolute atomic E-state index is 0.139. The van der Waals surface area contributed by atoms with Crippen LogP contribution in [0.5, 0.6) is 5.75 Å². The van der Waals surface area contributed by atoms with E-state index >= 15 is 0 Å². The van der Waals surface area contributed by atoms with Crippen molar-refractivity contribution in [2.45, 2.75) is 4.90 Å². The van der Waals surface area contributed by atoms with Crippen molar-refractivity contribution in [3.63, 3.8) is 0 Å². The van der Waals surface area contributed by atoms with Gasteiger partial charge in [-0.25, -0.2) is 0 Å². The molecule has 0 aliphatic carbocycles. The summed E-state index contributed by atoms with van der Waals surface area (Å²) in [5.74, 6) is 0.766. The molecule has 1 aromatic rings. The lowest BCUT2D eigenvalue weighted by atomic mass is 10.3. The molecule has 0 spiro atoms. The molecule has 0 aromatic heterocycles. The van der Waals surface area contributed by atoms with Gasteiger partial charge in [0.05, 0.1) is 5.75 Å². The van der Waals surface area contributed by atoms with Crippen LogP contribution in [0.1, 0.15) is 0 Å². The Hall–Kier alpha value is -1.20. The average molecular weight is 252 g/mol. The van der Waals surface area contributed by atoms with Crippen molar-refractivity contribution in [3.8, 4) is 5.75 Å². The van der Waals surface area contributed by atoms with Crippen LogP contribution < -0.4 is 5.32 Å². The summed E-state index contributed by atoms with van der Waals surface area (Å²) in [6.45, 7) is 3.29. The van der Waals surface area contributed by atoms with E-state index < -0.39 is 0 Å². The highest BCUT2D eigenvalue weighted by atomic mass is 32.2. The quantitative estimate of drug-likeness (QED) is 0.785. The summed E-state index contributed by atoms with van der Waals surface area (Å²) < 4.78 is 0. The number of nitrogens with zero attached hydrogens (tertiary/aromatic N) is 1. The largest absolute Gasteiger partial charge is 0.507 e. The lowest BCUT2D eigenvalue weighted by Crippen LogP contribution is -2.47. The molecule has 1 aromatic carbocycles. The van der Waals surface area contributed by atoms with Gasteiger partial charge in [0.15, 0.2) is 0 Å². The number of hydrogen-bond acceptors (Lipinski definition) is 4. The van der Waals surface area contributed by atoms with Gasteiger partial charge in [0.1, 0.15) is 5.75 Å². The van der Waals surface area contributed by atoms with Gasteiger partial charge >= 0.3 is 0 Å². The lowest BCUT2D eigenvalue weighted by molar-refractivity contribution is -0.128. The van der Waals surface area contributed by atoms with Crippen LogP contribution in [0.3, 0.4) is 0 Å². The molecule has 4 nitrogen and oxygen atoms in total. The maximum Gasteiger partial charge on any atom is 0.233 e. The zero-order chi connectivity index (χ0) is 12.1. The minimum Gasteiger partial charge on any atom is -0.507 e. The van der Waals surface area contributed by atoms with Gasteiger partial charge in [-0.2, -0.15) is 0 Å². The zero-order valence-corrected chi connectivity index (χ0v) is 10.4. The number of hydrogen-bond donors (Lipinski definition) is 2. The maximum atomic E-state index is 11.9. The fourth-order valence-corrected chi connectivity index (χ4v) is 2.58. The Morgan fingerprint density at radius 2 is 2.06 bits per heavy atom. The van der Waals surface area contributed by atoms with Crippen LogP contribution in [0.15, 0.2) is 29.2 Å². The summed E-state index contributed by atoms with van der Waals surface area (Å²) in [6.07, 6.45) is 0. The van der Waals surface area contributed by atoms with Gasteiger partial charge < -0.3 is 15.3 Å². The van der Waals surface area contributed by atoms with Crippen molar-refractivity contribution in [3.05, 3.63) is 24.3 Å². The molecular formula is C12H16N2O2S. The lowest BCUT2D eigenvalue weighted by Gasteiger charge is -2.27. The molecule has 92 valence electrons. The number of carbonyl (C=O) groups excluding carboxylic acids is 1. The minimum atomic E-state index is 0.139. The number of nitrogens with one attached hydrogen (secondary N) is 1. The molecule has 0 saturated carbocycles. The van der Waals surface area contributed by atoms with Gasteiger partial charge in [0.25, 0.3) is 0 Å². The van der Waals surface area contributed by atoms with Crippen LogP contribution >= 0.6 is 11.8 Å². The number of amides is 1. The van der Waals surface area contributed by atoms with Crippen molar-refractivity contribution in [2.75, 3.05) is 31.9 Å². The molecule has 1 aliphatic heterocycles. The third-order valence-electron chi connectivity index (χ3n) is 2.69. The number of phenolic OH excluding ortho intramolecular Hbond substituents is 1. The monoisotopic (exact) mass is 252 g/mol. The van der Waals surface area contributed by atoms with Crippen LogP contribution in [-0.2, 0) is 4.79 Å². The predicted octanol–water partition coefficient (Wildman–Crippen LogP) is 0.916. The molecule has 0 radical (unpaired) electrons. The van der Waals surface area contributed by atoms with E-state index in [1.54, 1.807) is 12.1 Å². The Morgan fingerprint density at radius 3 is 2.76 bits per heavy atom. The van der Waals surface area contributed by atoms with Crippen molar-refractivity contribution in [1.82, 2.24) is 10.2 Å². The van der Waals surface area contributed by atoms with Gasteiger partial charge in [-0.15, -0.1) is 11.8 Å². The summed E-state index contributed by atoms with van der Waals surface area (Å²) in [7, 11) is 0. The van der Waals surface area contributed by atoms with E-state index in [0.717, 1.165) is 31.1 Å². The van der Waals surface area contributed by atoms with Crippen molar-refractivity contribution < 1.29 is 9.90 Å². The topological polar surface area (TPSA) is 52.6 Å². The molecule has 0 unspecified atom stereocenters. The highest BCUT2D eigenvalue weighted by molar-refractivity contribution is 8.00.